The van der Waals surface area contributed by atoms with Crippen LogP contribution in [0.2, 0.25) is 0 Å². The third-order valence-electron chi connectivity index (χ3n) is 2.63. The molecule has 0 spiro atoms. The average molecular weight is 271 g/mol. The van der Waals surface area contributed by atoms with Crippen LogP contribution in [-0.4, -0.2) is 62.9 Å². The molecule has 2 heterocycles. The number of rotatable bonds is 4. The van der Waals surface area contributed by atoms with Gasteiger partial charge in [0.25, 0.3) is 0 Å². The van der Waals surface area contributed by atoms with Crippen molar-refractivity contribution >= 4 is 23.6 Å². The van der Waals surface area contributed by atoms with Gasteiger partial charge >= 0.3 is 5.97 Å². The second-order valence-corrected chi connectivity index (χ2v) is 5.02. The number of esters is 1. The molecule has 1 fully saturated rings. The first-order chi connectivity index (χ1) is 8.61. The number of methoxy groups -OCH3 is 1. The van der Waals surface area contributed by atoms with Gasteiger partial charge in [-0.2, -0.15) is 0 Å². The summed E-state index contributed by atoms with van der Waals surface area (Å²) >= 11 is 1.28. The zero-order valence-corrected chi connectivity index (χ0v) is 10.9. The minimum Gasteiger partial charge on any atom is -0.468 e. The Balaban J connectivity index is 2.04. The van der Waals surface area contributed by atoms with Crippen molar-refractivity contribution < 1.29 is 14.3 Å². The number of hydrogen-bond acceptors (Lipinski definition) is 7. The van der Waals surface area contributed by atoms with Crippen molar-refractivity contribution in [2.45, 2.75) is 23.4 Å². The van der Waals surface area contributed by atoms with Crippen molar-refractivity contribution in [2.75, 3.05) is 20.7 Å². The molecule has 1 amide bonds. The lowest BCUT2D eigenvalue weighted by Crippen LogP contribution is -2.24. The zero-order chi connectivity index (χ0) is 13.1. The molecule has 2 rings (SSSR count). The maximum absolute atomic E-state index is 11.8. The van der Waals surface area contributed by atoms with Gasteiger partial charge in [-0.3, -0.25) is 9.59 Å². The fourth-order valence-corrected chi connectivity index (χ4v) is 2.66. The Morgan fingerprint density at radius 2 is 2.39 bits per heavy atom. The minimum absolute atomic E-state index is 0.0530. The fourth-order valence-electron chi connectivity index (χ4n) is 1.59. The Kier molecular flexibility index (Phi) is 3.80. The van der Waals surface area contributed by atoms with Gasteiger partial charge in [-0.1, -0.05) is 11.8 Å². The van der Waals surface area contributed by atoms with Crippen LogP contribution in [0.4, 0.5) is 0 Å². The summed E-state index contributed by atoms with van der Waals surface area (Å²) in [5.74, 6) is -0.369. The lowest BCUT2D eigenvalue weighted by Gasteiger charge is -2.09. The van der Waals surface area contributed by atoms with Gasteiger partial charge in [0.15, 0.2) is 0 Å². The second-order valence-electron chi connectivity index (χ2n) is 3.85. The smallest absolute Gasteiger partial charge is 0.327 e. The van der Waals surface area contributed by atoms with Crippen LogP contribution >= 0.6 is 11.8 Å². The minimum atomic E-state index is -0.431. The number of amides is 1. The van der Waals surface area contributed by atoms with Gasteiger partial charge in [-0.05, 0) is 16.8 Å². The number of carbonyl (C=O) groups excluding carboxylic acids is 2. The van der Waals surface area contributed by atoms with Crippen molar-refractivity contribution in [1.82, 2.24) is 25.1 Å². The fraction of sp³-hybridized carbons (Fsp3) is 0.667. The maximum atomic E-state index is 11.8. The van der Waals surface area contributed by atoms with E-state index in [2.05, 4.69) is 20.3 Å². The highest BCUT2D eigenvalue weighted by molar-refractivity contribution is 8.00. The molecule has 1 atom stereocenters. The Morgan fingerprint density at radius 1 is 1.61 bits per heavy atom. The topological polar surface area (TPSA) is 90.2 Å². The molecule has 1 aliphatic heterocycles. The Hall–Kier alpha value is -1.64. The summed E-state index contributed by atoms with van der Waals surface area (Å²) in [6, 6.07) is 0. The molecule has 0 radical (unpaired) electrons. The van der Waals surface area contributed by atoms with Gasteiger partial charge in [-0.15, -0.1) is 5.10 Å². The molecule has 1 unspecified atom stereocenters. The Labute approximate surface area is 108 Å². The lowest BCUT2D eigenvalue weighted by molar-refractivity contribution is -0.141. The zero-order valence-electron chi connectivity index (χ0n) is 10.1. The normalized spacial score (nSPS) is 19.3. The number of nitrogens with zero attached hydrogens (tertiary/aromatic N) is 5. The van der Waals surface area contributed by atoms with Gasteiger partial charge in [-0.25, -0.2) is 4.68 Å². The summed E-state index contributed by atoms with van der Waals surface area (Å²) in [4.78, 5) is 24.6. The number of likely N-dealkylation sites (tertiary alicyclic amines) is 1. The number of ether oxygens (including phenoxy) is 1. The van der Waals surface area contributed by atoms with Crippen LogP contribution in [0.25, 0.3) is 0 Å². The molecule has 1 aliphatic rings. The molecule has 0 N–H and O–H groups in total. The molecule has 0 aromatic carbocycles. The number of hydrogen-bond donors (Lipinski definition) is 0. The molecule has 98 valence electrons. The first kappa shape index (κ1) is 12.8. The summed E-state index contributed by atoms with van der Waals surface area (Å²) in [6.07, 6.45) is 0.755. The first-order valence-electron chi connectivity index (χ1n) is 5.36. The van der Waals surface area contributed by atoms with E-state index in [1.54, 1.807) is 11.9 Å². The molecule has 0 aliphatic carbocycles. The summed E-state index contributed by atoms with van der Waals surface area (Å²) in [6.45, 7) is 0.678. The van der Waals surface area contributed by atoms with E-state index < -0.39 is 5.97 Å². The predicted octanol–water partition coefficient (Wildman–Crippen LogP) is -0.831. The van der Waals surface area contributed by atoms with E-state index in [0.717, 1.165) is 13.0 Å². The van der Waals surface area contributed by atoms with Crippen molar-refractivity contribution in [3.8, 4) is 0 Å². The summed E-state index contributed by atoms with van der Waals surface area (Å²) in [5, 5.41) is 11.3. The molecule has 1 saturated heterocycles. The van der Waals surface area contributed by atoms with E-state index in [9.17, 15) is 9.59 Å². The largest absolute Gasteiger partial charge is 0.468 e. The molecule has 9 heteroatoms. The summed E-state index contributed by atoms with van der Waals surface area (Å²) in [7, 11) is 3.06. The highest BCUT2D eigenvalue weighted by atomic mass is 32.2. The lowest BCUT2D eigenvalue weighted by atomic mass is 10.4. The molecule has 18 heavy (non-hydrogen) atoms. The molecular formula is C9H13N5O3S. The molecule has 8 nitrogen and oxygen atoms in total. The van der Waals surface area contributed by atoms with Crippen molar-refractivity contribution in [3.05, 3.63) is 0 Å². The SMILES string of the molecule is COC(=O)Cn1nnnc1SC1CCN(C)C1=O. The van der Waals surface area contributed by atoms with Crippen LogP contribution in [0, 0.1) is 0 Å². The van der Waals surface area contributed by atoms with Crippen LogP contribution in [0.5, 0.6) is 0 Å². The van der Waals surface area contributed by atoms with E-state index >= 15 is 0 Å². The van der Waals surface area contributed by atoms with Crippen LogP contribution in [0.15, 0.2) is 5.16 Å². The van der Waals surface area contributed by atoms with E-state index in [1.165, 1.54) is 23.6 Å². The standard InChI is InChI=1S/C9H13N5O3S/c1-13-4-3-6(8(13)16)18-9-10-11-12-14(9)5-7(15)17-2/h6H,3-5H2,1-2H3. The van der Waals surface area contributed by atoms with Gasteiger partial charge in [0.2, 0.25) is 11.1 Å². The maximum Gasteiger partial charge on any atom is 0.327 e. The Morgan fingerprint density at radius 3 is 3.00 bits per heavy atom. The van der Waals surface area contributed by atoms with Crippen LogP contribution in [0.3, 0.4) is 0 Å². The van der Waals surface area contributed by atoms with Gasteiger partial charge in [0, 0.05) is 13.6 Å². The van der Waals surface area contributed by atoms with Crippen molar-refractivity contribution in [1.29, 1.82) is 0 Å². The molecule has 1 aromatic heterocycles. The molecule has 0 bridgehead atoms. The molecule has 0 saturated carbocycles. The second kappa shape index (κ2) is 5.34. The predicted molar refractivity (Wildman–Crippen MR) is 61.7 cm³/mol. The van der Waals surface area contributed by atoms with E-state index in [4.69, 9.17) is 0 Å². The summed E-state index contributed by atoms with van der Waals surface area (Å²) in [5.41, 5.74) is 0. The number of thioether (sulfide) groups is 1. The van der Waals surface area contributed by atoms with E-state index in [1.807, 2.05) is 0 Å². The van der Waals surface area contributed by atoms with Gasteiger partial charge < -0.3 is 9.64 Å². The van der Waals surface area contributed by atoms with Gasteiger partial charge in [0.1, 0.15) is 6.54 Å². The molecule has 1 aromatic rings. The molecular weight excluding hydrogens is 258 g/mol. The third kappa shape index (κ3) is 2.61. The van der Waals surface area contributed by atoms with Crippen molar-refractivity contribution in [3.63, 3.8) is 0 Å². The average Bonchev–Trinajstić information content (AvgIpc) is 2.91. The third-order valence-corrected chi connectivity index (χ3v) is 3.86. The quantitative estimate of drug-likeness (QED) is 0.660. The number of aromatic nitrogens is 4. The Bertz CT molecular complexity index is 463. The highest BCUT2D eigenvalue weighted by Crippen LogP contribution is 2.28. The number of tetrazole rings is 1. The van der Waals surface area contributed by atoms with Crippen LogP contribution in [-0.2, 0) is 20.9 Å². The van der Waals surface area contributed by atoms with Crippen LogP contribution < -0.4 is 0 Å². The van der Waals surface area contributed by atoms with Gasteiger partial charge in [0.05, 0.1) is 12.4 Å². The van der Waals surface area contributed by atoms with E-state index in [-0.39, 0.29) is 17.7 Å². The number of carbonyl (C=O) groups is 2. The highest BCUT2D eigenvalue weighted by Gasteiger charge is 2.31. The summed E-state index contributed by atoms with van der Waals surface area (Å²) < 4.78 is 5.88. The van der Waals surface area contributed by atoms with Crippen molar-refractivity contribution in [2.24, 2.45) is 0 Å². The monoisotopic (exact) mass is 271 g/mol. The van der Waals surface area contributed by atoms with E-state index in [0.29, 0.717) is 5.16 Å². The van der Waals surface area contributed by atoms with Crippen LogP contribution in [0.1, 0.15) is 6.42 Å². The first-order valence-corrected chi connectivity index (χ1v) is 6.24.